The third-order valence-corrected chi connectivity index (χ3v) is 9.01. The fourth-order valence-corrected chi connectivity index (χ4v) is 6.69. The molecule has 2 saturated heterocycles. The van der Waals surface area contributed by atoms with E-state index in [-0.39, 0.29) is 53.2 Å². The Kier molecular flexibility index (Phi) is 7.54. The number of aryl methyl sites for hydroxylation is 1. The summed E-state index contributed by atoms with van der Waals surface area (Å²) in [4.78, 5) is 13.1. The predicted octanol–water partition coefficient (Wildman–Crippen LogP) is 4.85. The van der Waals surface area contributed by atoms with Crippen molar-refractivity contribution in [3.05, 3.63) is 21.7 Å². The third-order valence-electron chi connectivity index (χ3n) is 7.81. The fraction of sp³-hybridized carbons (Fsp3) is 0.808. The van der Waals surface area contributed by atoms with Crippen molar-refractivity contribution < 1.29 is 23.7 Å². The van der Waals surface area contributed by atoms with Gasteiger partial charge >= 0.3 is 5.97 Å². The number of allylic oxidation sites excluding steroid dienone is 1. The molecule has 0 amide bonds. The number of rotatable bonds is 10. The second-order valence-electron chi connectivity index (χ2n) is 10.8. The minimum atomic E-state index is -0.336. The van der Waals surface area contributed by atoms with Crippen molar-refractivity contribution in [3.63, 3.8) is 0 Å². The van der Waals surface area contributed by atoms with E-state index in [1.54, 1.807) is 18.4 Å². The van der Waals surface area contributed by atoms with Crippen molar-refractivity contribution in [3.8, 4) is 0 Å². The normalized spacial score (nSPS) is 35.3. The van der Waals surface area contributed by atoms with Gasteiger partial charge in [0.05, 0.1) is 25.0 Å². The van der Waals surface area contributed by atoms with Crippen LogP contribution in [0.1, 0.15) is 83.2 Å². The van der Waals surface area contributed by atoms with Crippen LogP contribution in [0.4, 0.5) is 0 Å². The molecule has 2 aliphatic heterocycles. The zero-order chi connectivity index (χ0) is 24.7. The van der Waals surface area contributed by atoms with Crippen LogP contribution in [0.2, 0.25) is 0 Å². The van der Waals surface area contributed by atoms with E-state index in [1.165, 1.54) is 5.57 Å². The first-order chi connectivity index (χ1) is 16.1. The average Bonchev–Trinajstić information content (AvgIpc) is 3.64. The van der Waals surface area contributed by atoms with Crippen molar-refractivity contribution in [2.24, 2.45) is 11.8 Å². The van der Waals surface area contributed by atoms with Gasteiger partial charge < -0.3 is 18.9 Å². The highest BCUT2D eigenvalue weighted by Crippen LogP contribution is 2.59. The second-order valence-corrected chi connectivity index (χ2v) is 11.9. The zero-order valence-corrected chi connectivity index (χ0v) is 22.4. The summed E-state index contributed by atoms with van der Waals surface area (Å²) in [6.07, 6.45) is 5.41. The largest absolute Gasteiger partial charge is 0.460 e. The highest BCUT2D eigenvalue weighted by atomic mass is 32.1. The number of carbonyl (C=O) groups excluding carboxylic acids is 1. The van der Waals surface area contributed by atoms with Gasteiger partial charge in [0.25, 0.3) is 0 Å². The summed E-state index contributed by atoms with van der Waals surface area (Å²) < 4.78 is 24.4. The Balaban J connectivity index is 1.45. The van der Waals surface area contributed by atoms with Crippen molar-refractivity contribution in [2.45, 2.75) is 109 Å². The highest BCUT2D eigenvalue weighted by molar-refractivity contribution is 7.11. The molecule has 1 aromatic rings. The van der Waals surface area contributed by atoms with Gasteiger partial charge in [0.15, 0.2) is 0 Å². The van der Waals surface area contributed by atoms with Gasteiger partial charge in [0.1, 0.15) is 33.4 Å². The van der Waals surface area contributed by atoms with E-state index in [9.17, 15) is 4.79 Å². The first kappa shape index (κ1) is 25.7. The number of esters is 1. The van der Waals surface area contributed by atoms with E-state index in [0.717, 1.165) is 42.3 Å². The number of aromatic nitrogens is 2. The summed E-state index contributed by atoms with van der Waals surface area (Å²) in [6, 6.07) is 0. The molecular weight excluding hydrogens is 452 g/mol. The van der Waals surface area contributed by atoms with Crippen molar-refractivity contribution >= 4 is 17.3 Å². The van der Waals surface area contributed by atoms with Gasteiger partial charge in [-0.2, -0.15) is 0 Å². The van der Waals surface area contributed by atoms with Crippen molar-refractivity contribution in [1.82, 2.24) is 10.2 Å². The Labute approximate surface area is 207 Å². The van der Waals surface area contributed by atoms with Gasteiger partial charge in [-0.05, 0) is 52.4 Å². The molecule has 1 aliphatic carbocycles. The maximum atomic E-state index is 13.1. The van der Waals surface area contributed by atoms with Gasteiger partial charge in [-0.3, -0.25) is 4.79 Å². The maximum absolute atomic E-state index is 13.1. The molecule has 0 N–H and O–H groups in total. The number of epoxide rings is 2. The molecule has 3 fully saturated rings. The Hall–Kier alpha value is -1.35. The topological polar surface area (TPSA) is 86.4 Å². The SMILES string of the molecule is CCc1nnc([C@@H](CC(=O)O[C@@H]2CC[C@]3(CO3)C([C@@]3(C)O[C@@H]3CC=C(C)C)[C@@H]2OC)C(C)C)s1. The van der Waals surface area contributed by atoms with E-state index >= 15 is 0 Å². The predicted molar refractivity (Wildman–Crippen MR) is 131 cm³/mol. The Morgan fingerprint density at radius 3 is 2.62 bits per heavy atom. The van der Waals surface area contributed by atoms with E-state index in [0.29, 0.717) is 6.42 Å². The van der Waals surface area contributed by atoms with Crippen LogP contribution in [0.3, 0.4) is 0 Å². The standard InChI is InChI=1S/C26H40N2O5S/c1-8-20-27-28-24(34-20)17(16(4)5)13-21(29)32-18-11-12-26(14-31-26)23(22(18)30-7)25(6)19(33-25)10-9-15(2)3/h9,16-19,22-23H,8,10-14H2,1-7H3/t17-,18+,19+,22+,23?,25-,26-/m0/s1. The van der Waals surface area contributed by atoms with Crippen LogP contribution in [0.15, 0.2) is 11.6 Å². The maximum Gasteiger partial charge on any atom is 0.306 e. The molecule has 0 bridgehead atoms. The van der Waals surface area contributed by atoms with E-state index < -0.39 is 0 Å². The number of ether oxygens (including phenoxy) is 4. The minimum Gasteiger partial charge on any atom is -0.460 e. The number of carbonyl (C=O) groups is 1. The Bertz CT molecular complexity index is 907. The lowest BCUT2D eigenvalue weighted by Gasteiger charge is -2.42. The summed E-state index contributed by atoms with van der Waals surface area (Å²) in [7, 11) is 1.71. The first-order valence-electron chi connectivity index (χ1n) is 12.6. The lowest BCUT2D eigenvalue weighted by molar-refractivity contribution is -0.172. The monoisotopic (exact) mass is 492 g/mol. The minimum absolute atomic E-state index is 0.00141. The van der Waals surface area contributed by atoms with Crippen molar-refractivity contribution in [1.29, 1.82) is 0 Å². The molecule has 8 heteroatoms. The molecule has 1 unspecified atom stereocenters. The number of nitrogens with zero attached hydrogens (tertiary/aromatic N) is 2. The van der Waals surface area contributed by atoms with Crippen LogP contribution in [-0.4, -0.2) is 59.4 Å². The van der Waals surface area contributed by atoms with E-state index in [1.807, 2.05) is 0 Å². The average molecular weight is 493 g/mol. The Morgan fingerprint density at radius 1 is 1.32 bits per heavy atom. The van der Waals surface area contributed by atoms with Gasteiger partial charge in [-0.15, -0.1) is 21.5 Å². The van der Waals surface area contributed by atoms with E-state index in [4.69, 9.17) is 18.9 Å². The lowest BCUT2D eigenvalue weighted by atomic mass is 9.68. The van der Waals surface area contributed by atoms with Gasteiger partial charge in [0.2, 0.25) is 0 Å². The smallest absolute Gasteiger partial charge is 0.306 e. The van der Waals surface area contributed by atoms with Crippen LogP contribution in [-0.2, 0) is 30.2 Å². The quantitative estimate of drug-likeness (QED) is 0.262. The molecule has 34 heavy (non-hydrogen) atoms. The summed E-state index contributed by atoms with van der Waals surface area (Å²) in [5, 5.41) is 10.5. The fourth-order valence-electron chi connectivity index (χ4n) is 5.63. The molecule has 3 heterocycles. The van der Waals surface area contributed by atoms with Crippen LogP contribution in [0.25, 0.3) is 0 Å². The highest BCUT2D eigenvalue weighted by Gasteiger charge is 2.72. The molecule has 1 aromatic heterocycles. The van der Waals surface area contributed by atoms with Crippen molar-refractivity contribution in [2.75, 3.05) is 13.7 Å². The van der Waals surface area contributed by atoms with Crippen LogP contribution >= 0.6 is 11.3 Å². The molecule has 190 valence electrons. The van der Waals surface area contributed by atoms with E-state index in [2.05, 4.69) is 57.8 Å². The number of hydrogen-bond acceptors (Lipinski definition) is 8. The van der Waals surface area contributed by atoms with Gasteiger partial charge in [0, 0.05) is 13.0 Å². The van der Waals surface area contributed by atoms with Crippen LogP contribution in [0.5, 0.6) is 0 Å². The molecule has 7 nitrogen and oxygen atoms in total. The molecule has 0 radical (unpaired) electrons. The Morgan fingerprint density at radius 2 is 2.06 bits per heavy atom. The summed E-state index contributed by atoms with van der Waals surface area (Å²) in [6.45, 7) is 13.4. The van der Waals surface area contributed by atoms with Gasteiger partial charge in [-0.25, -0.2) is 0 Å². The lowest BCUT2D eigenvalue weighted by Crippen LogP contribution is -2.55. The molecule has 1 saturated carbocycles. The van der Waals surface area contributed by atoms with Crippen LogP contribution < -0.4 is 0 Å². The first-order valence-corrected chi connectivity index (χ1v) is 13.4. The molecule has 1 spiro atoms. The number of hydrogen-bond donors (Lipinski definition) is 0. The number of methoxy groups -OCH3 is 1. The summed E-state index contributed by atoms with van der Waals surface area (Å²) in [5.41, 5.74) is 0.731. The summed E-state index contributed by atoms with van der Waals surface area (Å²) in [5.74, 6) is 0.0958. The molecule has 0 aromatic carbocycles. The summed E-state index contributed by atoms with van der Waals surface area (Å²) >= 11 is 1.60. The molecule has 3 aliphatic rings. The van der Waals surface area contributed by atoms with Crippen LogP contribution in [0, 0.1) is 11.8 Å². The third kappa shape index (κ3) is 5.11. The molecule has 7 atom stereocenters. The molecular formula is C26H40N2O5S. The van der Waals surface area contributed by atoms with Gasteiger partial charge in [-0.1, -0.05) is 32.4 Å². The zero-order valence-electron chi connectivity index (χ0n) is 21.6. The second kappa shape index (κ2) is 9.96. The molecule has 4 rings (SSSR count).